The lowest BCUT2D eigenvalue weighted by Gasteiger charge is -2.14. The van der Waals surface area contributed by atoms with E-state index in [1.165, 1.54) is 12.7 Å². The Morgan fingerprint density at radius 1 is 1.30 bits per heavy atom. The second kappa shape index (κ2) is 9.34. The summed E-state index contributed by atoms with van der Waals surface area (Å²) in [5.74, 6) is -0.0691. The van der Waals surface area contributed by atoms with Crippen LogP contribution in [0.3, 0.4) is 0 Å². The van der Waals surface area contributed by atoms with E-state index in [-0.39, 0.29) is 12.2 Å². The third-order valence-corrected chi connectivity index (χ3v) is 4.04. The number of aromatic nitrogens is 4. The van der Waals surface area contributed by atoms with Crippen molar-refractivity contribution < 1.29 is 28.7 Å². The summed E-state index contributed by atoms with van der Waals surface area (Å²) in [6, 6.07) is 0. The standard InChI is InChI=1S/C15H24N5O6P/c1-10(2)4-5-26-19-15(21)13-12-14(17-7-16-13)20(8-18-12)6-11(3)25-9-27(22,23)24/h7-8,10-11H,4-6,9H2,1-3H3,(H,19,21)(H2,22,23,24)/t11-/m1/s1. The summed E-state index contributed by atoms with van der Waals surface area (Å²) in [6.45, 7) is 6.41. The normalized spacial score (nSPS) is 13.3. The van der Waals surface area contributed by atoms with Crippen LogP contribution in [0, 0.1) is 5.92 Å². The van der Waals surface area contributed by atoms with Gasteiger partial charge in [0.15, 0.2) is 11.3 Å². The van der Waals surface area contributed by atoms with Gasteiger partial charge in [-0.25, -0.2) is 20.4 Å². The van der Waals surface area contributed by atoms with Crippen LogP contribution >= 0.6 is 7.60 Å². The Morgan fingerprint density at radius 2 is 2.04 bits per heavy atom. The molecule has 27 heavy (non-hydrogen) atoms. The molecule has 0 saturated heterocycles. The minimum Gasteiger partial charge on any atom is -0.364 e. The van der Waals surface area contributed by atoms with Crippen LogP contribution < -0.4 is 5.48 Å². The highest BCUT2D eigenvalue weighted by Crippen LogP contribution is 2.34. The van der Waals surface area contributed by atoms with Gasteiger partial charge in [0.2, 0.25) is 0 Å². The molecule has 0 unspecified atom stereocenters. The van der Waals surface area contributed by atoms with Gasteiger partial charge in [0, 0.05) is 0 Å². The number of rotatable bonds is 10. The van der Waals surface area contributed by atoms with Crippen molar-refractivity contribution in [2.75, 3.05) is 13.0 Å². The van der Waals surface area contributed by atoms with Gasteiger partial charge in [-0.15, -0.1) is 0 Å². The fourth-order valence-electron chi connectivity index (χ4n) is 2.19. The van der Waals surface area contributed by atoms with Crippen molar-refractivity contribution in [3.63, 3.8) is 0 Å². The molecule has 2 aromatic heterocycles. The van der Waals surface area contributed by atoms with Crippen molar-refractivity contribution in [3.05, 3.63) is 18.3 Å². The SMILES string of the molecule is CC(C)CCONC(=O)c1ncnc2c1ncn2C[C@@H](C)OCP(=O)(O)O. The molecule has 0 aromatic carbocycles. The van der Waals surface area contributed by atoms with Gasteiger partial charge in [-0.05, 0) is 19.3 Å². The van der Waals surface area contributed by atoms with Crippen molar-refractivity contribution in [1.82, 2.24) is 25.0 Å². The summed E-state index contributed by atoms with van der Waals surface area (Å²) < 4.78 is 17.6. The number of nitrogens with one attached hydrogen (secondary N) is 1. The maximum absolute atomic E-state index is 12.3. The minimum absolute atomic E-state index is 0.0760. The monoisotopic (exact) mass is 401 g/mol. The predicted octanol–water partition coefficient (Wildman–Crippen LogP) is 1.07. The molecule has 12 heteroatoms. The molecule has 0 aliphatic rings. The molecule has 3 N–H and O–H groups in total. The zero-order valence-electron chi connectivity index (χ0n) is 15.4. The Bertz CT molecular complexity index is 820. The Labute approximate surface area is 156 Å². The van der Waals surface area contributed by atoms with Crippen molar-refractivity contribution in [1.29, 1.82) is 0 Å². The number of carbonyl (C=O) groups excluding carboxylic acids is 1. The van der Waals surface area contributed by atoms with Gasteiger partial charge in [-0.1, -0.05) is 13.8 Å². The van der Waals surface area contributed by atoms with E-state index >= 15 is 0 Å². The highest BCUT2D eigenvalue weighted by molar-refractivity contribution is 7.51. The number of hydrogen-bond acceptors (Lipinski definition) is 7. The second-order valence-corrected chi connectivity index (χ2v) is 8.11. The molecular weight excluding hydrogens is 377 g/mol. The number of hydrogen-bond donors (Lipinski definition) is 3. The first-order chi connectivity index (χ1) is 12.7. The van der Waals surface area contributed by atoms with Crippen LogP contribution in [0.2, 0.25) is 0 Å². The third kappa shape index (κ3) is 6.64. The first-order valence-corrected chi connectivity index (χ1v) is 10.2. The van der Waals surface area contributed by atoms with Gasteiger partial charge in [0.1, 0.15) is 18.2 Å². The lowest BCUT2D eigenvalue weighted by molar-refractivity contribution is 0.0271. The van der Waals surface area contributed by atoms with Gasteiger partial charge >= 0.3 is 7.60 Å². The topological polar surface area (TPSA) is 149 Å². The van der Waals surface area contributed by atoms with E-state index in [9.17, 15) is 9.36 Å². The van der Waals surface area contributed by atoms with Crippen LogP contribution in [-0.2, 0) is 20.7 Å². The van der Waals surface area contributed by atoms with Crippen LogP contribution in [-0.4, -0.2) is 54.3 Å². The molecule has 2 aromatic rings. The number of carbonyl (C=O) groups is 1. The Balaban J connectivity index is 2.05. The van der Waals surface area contributed by atoms with E-state index in [0.717, 1.165) is 6.42 Å². The lowest BCUT2D eigenvalue weighted by atomic mass is 10.1. The first-order valence-electron chi connectivity index (χ1n) is 8.41. The quantitative estimate of drug-likeness (QED) is 0.302. The number of fused-ring (bicyclic) bond motifs is 1. The van der Waals surface area contributed by atoms with Crippen molar-refractivity contribution in [2.45, 2.75) is 39.8 Å². The van der Waals surface area contributed by atoms with Gasteiger partial charge < -0.3 is 19.1 Å². The van der Waals surface area contributed by atoms with Crippen LogP contribution in [0.1, 0.15) is 37.7 Å². The van der Waals surface area contributed by atoms with Crippen LogP contribution in [0.5, 0.6) is 0 Å². The van der Waals surface area contributed by atoms with Crippen molar-refractivity contribution in [2.24, 2.45) is 5.92 Å². The summed E-state index contributed by atoms with van der Waals surface area (Å²) in [5.41, 5.74) is 3.12. The Morgan fingerprint density at radius 3 is 2.70 bits per heavy atom. The first kappa shape index (κ1) is 21.4. The van der Waals surface area contributed by atoms with Gasteiger partial charge in [0.05, 0.1) is 25.6 Å². The summed E-state index contributed by atoms with van der Waals surface area (Å²) in [7, 11) is -4.24. The van der Waals surface area contributed by atoms with E-state index in [1.807, 2.05) is 0 Å². The molecule has 0 saturated carbocycles. The van der Waals surface area contributed by atoms with Crippen molar-refractivity contribution >= 4 is 24.7 Å². The molecular formula is C15H24N5O6P. The van der Waals surface area contributed by atoms with E-state index in [4.69, 9.17) is 19.4 Å². The molecule has 0 spiro atoms. The van der Waals surface area contributed by atoms with E-state index < -0.39 is 26.0 Å². The Kier molecular flexibility index (Phi) is 7.40. The maximum Gasteiger partial charge on any atom is 0.350 e. The van der Waals surface area contributed by atoms with Gasteiger partial charge in [0.25, 0.3) is 5.91 Å². The molecule has 0 aliphatic heterocycles. The predicted molar refractivity (Wildman–Crippen MR) is 95.7 cm³/mol. The molecule has 0 radical (unpaired) electrons. The number of imidazole rings is 1. The average molecular weight is 401 g/mol. The number of nitrogens with zero attached hydrogens (tertiary/aromatic N) is 4. The van der Waals surface area contributed by atoms with Crippen LogP contribution in [0.25, 0.3) is 11.2 Å². The lowest BCUT2D eigenvalue weighted by Crippen LogP contribution is -2.26. The Hall–Kier alpha value is -1.91. The fourth-order valence-corrected chi connectivity index (χ4v) is 2.64. The number of amides is 1. The molecule has 1 amide bonds. The highest BCUT2D eigenvalue weighted by Gasteiger charge is 2.19. The number of hydroxylamine groups is 1. The minimum atomic E-state index is -4.24. The molecule has 150 valence electrons. The molecule has 0 fully saturated rings. The molecule has 0 aliphatic carbocycles. The van der Waals surface area contributed by atoms with Crippen LogP contribution in [0.4, 0.5) is 0 Å². The third-order valence-electron chi connectivity index (χ3n) is 3.56. The summed E-state index contributed by atoms with van der Waals surface area (Å²) in [4.78, 5) is 47.4. The maximum atomic E-state index is 12.3. The smallest absolute Gasteiger partial charge is 0.350 e. The van der Waals surface area contributed by atoms with E-state index in [1.54, 1.807) is 11.5 Å². The van der Waals surface area contributed by atoms with E-state index in [0.29, 0.717) is 23.7 Å². The largest absolute Gasteiger partial charge is 0.364 e. The summed E-state index contributed by atoms with van der Waals surface area (Å²) >= 11 is 0. The van der Waals surface area contributed by atoms with Gasteiger partial charge in [-0.3, -0.25) is 14.2 Å². The van der Waals surface area contributed by atoms with Gasteiger partial charge in [-0.2, -0.15) is 0 Å². The molecule has 2 rings (SSSR count). The van der Waals surface area contributed by atoms with E-state index in [2.05, 4.69) is 34.3 Å². The highest BCUT2D eigenvalue weighted by atomic mass is 31.2. The zero-order valence-corrected chi connectivity index (χ0v) is 16.3. The molecule has 2 heterocycles. The zero-order chi connectivity index (χ0) is 20.0. The second-order valence-electron chi connectivity index (χ2n) is 6.52. The van der Waals surface area contributed by atoms with Crippen molar-refractivity contribution in [3.8, 4) is 0 Å². The molecule has 1 atom stereocenters. The fraction of sp³-hybridized carbons (Fsp3) is 0.600. The summed E-state index contributed by atoms with van der Waals surface area (Å²) in [6.07, 6.45) is 2.34. The summed E-state index contributed by atoms with van der Waals surface area (Å²) in [5, 5.41) is 0. The average Bonchev–Trinajstić information content (AvgIpc) is 2.99. The van der Waals surface area contributed by atoms with Crippen LogP contribution in [0.15, 0.2) is 12.7 Å². The number of ether oxygens (including phenoxy) is 1. The molecule has 0 bridgehead atoms. The molecule has 11 nitrogen and oxygen atoms in total.